The van der Waals surface area contributed by atoms with Crippen LogP contribution in [0.2, 0.25) is 0 Å². The Morgan fingerprint density at radius 3 is 1.35 bits per heavy atom. The maximum atomic E-state index is 9.05. The standard InChI is InChI=1S/C11H24O.C7H16O/c1-2-3-4-5-6-7-8-9-10-11-12;1-3-5-7(8)6-4-2/h12H,2-11H2,1H3;7-8H,3-6H2,1-2H3. The van der Waals surface area contributed by atoms with E-state index in [4.69, 9.17) is 10.2 Å². The molecule has 0 saturated heterocycles. The predicted molar refractivity (Wildman–Crippen MR) is 90.1 cm³/mol. The quantitative estimate of drug-likeness (QED) is 0.442. The lowest BCUT2D eigenvalue weighted by Gasteiger charge is -2.04. The van der Waals surface area contributed by atoms with Gasteiger partial charge in [-0.3, -0.25) is 0 Å². The van der Waals surface area contributed by atoms with Crippen molar-refractivity contribution in [2.45, 2.75) is 110 Å². The molecule has 0 aromatic carbocycles. The van der Waals surface area contributed by atoms with Crippen molar-refractivity contribution in [2.24, 2.45) is 0 Å². The number of unbranched alkanes of at least 4 members (excludes halogenated alkanes) is 8. The highest BCUT2D eigenvalue weighted by Gasteiger charge is 1.97. The van der Waals surface area contributed by atoms with Crippen molar-refractivity contribution in [3.63, 3.8) is 0 Å². The Morgan fingerprint density at radius 2 is 1.00 bits per heavy atom. The highest BCUT2D eigenvalue weighted by Crippen LogP contribution is 2.08. The first-order valence-electron chi connectivity index (χ1n) is 9.01. The van der Waals surface area contributed by atoms with E-state index in [0.29, 0.717) is 6.61 Å². The normalized spacial score (nSPS) is 10.5. The van der Waals surface area contributed by atoms with Gasteiger partial charge < -0.3 is 10.2 Å². The third-order valence-corrected chi connectivity index (χ3v) is 3.51. The third kappa shape index (κ3) is 23.0. The molecule has 0 bridgehead atoms. The van der Waals surface area contributed by atoms with Crippen molar-refractivity contribution in [1.82, 2.24) is 0 Å². The van der Waals surface area contributed by atoms with Gasteiger partial charge in [0.1, 0.15) is 0 Å². The Labute approximate surface area is 128 Å². The van der Waals surface area contributed by atoms with E-state index in [2.05, 4.69) is 20.8 Å². The van der Waals surface area contributed by atoms with Crippen LogP contribution in [0, 0.1) is 0 Å². The molecule has 0 aromatic heterocycles. The zero-order valence-electron chi connectivity index (χ0n) is 14.4. The summed E-state index contributed by atoms with van der Waals surface area (Å²) in [6.07, 6.45) is 15.9. The summed E-state index contributed by atoms with van der Waals surface area (Å²) in [7, 11) is 0. The summed E-state index contributed by atoms with van der Waals surface area (Å²) < 4.78 is 0. The van der Waals surface area contributed by atoms with Crippen molar-refractivity contribution in [3.05, 3.63) is 0 Å². The zero-order valence-corrected chi connectivity index (χ0v) is 14.4. The number of aliphatic hydroxyl groups excluding tert-OH is 2. The highest BCUT2D eigenvalue weighted by atomic mass is 16.3. The number of hydrogen-bond donors (Lipinski definition) is 2. The summed E-state index contributed by atoms with van der Waals surface area (Å²) in [5.74, 6) is 0. The Balaban J connectivity index is 0. The first-order valence-corrected chi connectivity index (χ1v) is 9.01. The highest BCUT2D eigenvalue weighted by molar-refractivity contribution is 4.51. The van der Waals surface area contributed by atoms with Crippen LogP contribution < -0.4 is 0 Å². The molecule has 0 aliphatic heterocycles. The molecule has 0 unspecified atom stereocenters. The largest absolute Gasteiger partial charge is 0.396 e. The number of rotatable bonds is 13. The van der Waals surface area contributed by atoms with Crippen LogP contribution in [-0.4, -0.2) is 22.9 Å². The molecule has 0 rings (SSSR count). The molecule has 20 heavy (non-hydrogen) atoms. The van der Waals surface area contributed by atoms with Crippen LogP contribution in [0.3, 0.4) is 0 Å². The fraction of sp³-hybridized carbons (Fsp3) is 1.00. The summed E-state index contributed by atoms with van der Waals surface area (Å²) in [6, 6.07) is 0. The van der Waals surface area contributed by atoms with Crippen LogP contribution in [-0.2, 0) is 0 Å². The molecule has 0 aromatic rings. The lowest BCUT2D eigenvalue weighted by atomic mass is 10.1. The average molecular weight is 289 g/mol. The fourth-order valence-electron chi connectivity index (χ4n) is 2.23. The second-order valence-electron chi connectivity index (χ2n) is 5.78. The molecule has 124 valence electrons. The van der Waals surface area contributed by atoms with Gasteiger partial charge in [-0.2, -0.15) is 0 Å². The van der Waals surface area contributed by atoms with Gasteiger partial charge in [0.15, 0.2) is 0 Å². The van der Waals surface area contributed by atoms with Gasteiger partial charge in [0, 0.05) is 6.61 Å². The molecular weight excluding hydrogens is 248 g/mol. The summed E-state index contributed by atoms with van der Waals surface area (Å²) >= 11 is 0. The summed E-state index contributed by atoms with van der Waals surface area (Å²) in [5, 5.41) is 17.6. The van der Waals surface area contributed by atoms with Crippen LogP contribution in [0.15, 0.2) is 0 Å². The second kappa shape index (κ2) is 21.2. The van der Waals surface area contributed by atoms with E-state index in [1.165, 1.54) is 51.4 Å². The van der Waals surface area contributed by atoms with Crippen LogP contribution in [0.1, 0.15) is 104 Å². The Morgan fingerprint density at radius 1 is 0.600 bits per heavy atom. The van der Waals surface area contributed by atoms with Crippen LogP contribution in [0.25, 0.3) is 0 Å². The summed E-state index contributed by atoms with van der Waals surface area (Å²) in [5.41, 5.74) is 0. The molecular formula is C18H40O2. The molecule has 0 saturated carbocycles. The van der Waals surface area contributed by atoms with Crippen molar-refractivity contribution in [3.8, 4) is 0 Å². The topological polar surface area (TPSA) is 40.5 Å². The van der Waals surface area contributed by atoms with Crippen molar-refractivity contribution in [1.29, 1.82) is 0 Å². The summed E-state index contributed by atoms with van der Waals surface area (Å²) in [4.78, 5) is 0. The predicted octanol–water partition coefficient (Wildman–Crippen LogP) is 5.46. The minimum atomic E-state index is -0.0370. The Kier molecular flexibility index (Phi) is 23.6. The molecule has 0 spiro atoms. The average Bonchev–Trinajstić information content (AvgIpc) is 2.43. The minimum absolute atomic E-state index is 0.0370. The molecule has 0 fully saturated rings. The lowest BCUT2D eigenvalue weighted by molar-refractivity contribution is 0.153. The molecule has 0 heterocycles. The van der Waals surface area contributed by atoms with E-state index >= 15 is 0 Å². The van der Waals surface area contributed by atoms with E-state index in [-0.39, 0.29) is 6.10 Å². The van der Waals surface area contributed by atoms with Crippen molar-refractivity contribution < 1.29 is 10.2 Å². The van der Waals surface area contributed by atoms with E-state index in [1.54, 1.807) is 0 Å². The molecule has 2 heteroatoms. The van der Waals surface area contributed by atoms with Crippen molar-refractivity contribution in [2.75, 3.05) is 6.61 Å². The lowest BCUT2D eigenvalue weighted by Crippen LogP contribution is -2.03. The van der Waals surface area contributed by atoms with E-state index in [9.17, 15) is 0 Å². The molecule has 2 nitrogen and oxygen atoms in total. The smallest absolute Gasteiger partial charge is 0.0540 e. The van der Waals surface area contributed by atoms with Crippen LogP contribution in [0.5, 0.6) is 0 Å². The molecule has 0 amide bonds. The number of aliphatic hydroxyl groups is 2. The molecule has 0 radical (unpaired) electrons. The summed E-state index contributed by atoms with van der Waals surface area (Å²) in [6.45, 7) is 6.81. The first-order chi connectivity index (χ1) is 9.72. The Hall–Kier alpha value is -0.0800. The van der Waals surface area contributed by atoms with Crippen molar-refractivity contribution >= 4 is 0 Å². The van der Waals surface area contributed by atoms with Gasteiger partial charge in [-0.1, -0.05) is 85.0 Å². The molecule has 0 atom stereocenters. The maximum absolute atomic E-state index is 9.05. The number of hydrogen-bond acceptors (Lipinski definition) is 2. The maximum Gasteiger partial charge on any atom is 0.0540 e. The SMILES string of the molecule is CCCC(O)CCC.CCCCCCCCCCCO. The molecule has 2 N–H and O–H groups in total. The van der Waals surface area contributed by atoms with Gasteiger partial charge in [-0.25, -0.2) is 0 Å². The van der Waals surface area contributed by atoms with Gasteiger partial charge in [-0.05, 0) is 19.3 Å². The first kappa shape index (κ1) is 22.2. The fourth-order valence-corrected chi connectivity index (χ4v) is 2.23. The van der Waals surface area contributed by atoms with E-state index in [1.807, 2.05) is 0 Å². The third-order valence-electron chi connectivity index (χ3n) is 3.51. The molecule has 0 aliphatic carbocycles. The minimum Gasteiger partial charge on any atom is -0.396 e. The van der Waals surface area contributed by atoms with Gasteiger partial charge >= 0.3 is 0 Å². The van der Waals surface area contributed by atoms with Gasteiger partial charge in [-0.15, -0.1) is 0 Å². The molecule has 0 aliphatic rings. The van der Waals surface area contributed by atoms with Gasteiger partial charge in [0.2, 0.25) is 0 Å². The van der Waals surface area contributed by atoms with E-state index < -0.39 is 0 Å². The second-order valence-corrected chi connectivity index (χ2v) is 5.78. The van der Waals surface area contributed by atoms with E-state index in [0.717, 1.165) is 32.1 Å². The van der Waals surface area contributed by atoms with Gasteiger partial charge in [0.25, 0.3) is 0 Å². The Bertz CT molecular complexity index is 132. The van der Waals surface area contributed by atoms with Crippen LogP contribution >= 0.6 is 0 Å². The van der Waals surface area contributed by atoms with Gasteiger partial charge in [0.05, 0.1) is 6.10 Å². The zero-order chi connectivity index (χ0) is 15.5. The van der Waals surface area contributed by atoms with Crippen LogP contribution in [0.4, 0.5) is 0 Å². The monoisotopic (exact) mass is 288 g/mol.